The zero-order valence-electron chi connectivity index (χ0n) is 10.3. The van der Waals surface area contributed by atoms with Crippen LogP contribution >= 0.6 is 0 Å². The number of hydrogen-bond acceptors (Lipinski definition) is 3. The van der Waals surface area contributed by atoms with Crippen LogP contribution in [-0.2, 0) is 12.8 Å². The molecule has 0 saturated heterocycles. The van der Waals surface area contributed by atoms with Crippen molar-refractivity contribution < 1.29 is 9.72 Å². The summed E-state index contributed by atoms with van der Waals surface area (Å²) in [7, 11) is 0. The molecule has 2 rings (SSSR count). The topological polar surface area (TPSA) is 60.2 Å². The number of carbonyl (C=O) groups excluding carboxylic acids is 1. The van der Waals surface area contributed by atoms with E-state index in [1.54, 1.807) is 6.07 Å². The first-order chi connectivity index (χ1) is 9.22. The maximum atomic E-state index is 11.0. The van der Waals surface area contributed by atoms with Crippen LogP contribution in [0.3, 0.4) is 0 Å². The van der Waals surface area contributed by atoms with Crippen molar-refractivity contribution in [1.82, 2.24) is 0 Å². The van der Waals surface area contributed by atoms with Gasteiger partial charge >= 0.3 is 0 Å². The van der Waals surface area contributed by atoms with E-state index in [0.29, 0.717) is 30.3 Å². The number of benzene rings is 2. The Morgan fingerprint density at radius 2 is 1.74 bits per heavy atom. The summed E-state index contributed by atoms with van der Waals surface area (Å²) in [5.41, 5.74) is 2.01. The second-order valence-electron chi connectivity index (χ2n) is 4.21. The normalized spacial score (nSPS) is 10.1. The maximum absolute atomic E-state index is 11.0. The van der Waals surface area contributed by atoms with Crippen LogP contribution in [0.5, 0.6) is 0 Å². The molecule has 0 bridgehead atoms. The number of nitrogens with zero attached hydrogens (tertiary/aromatic N) is 1. The lowest BCUT2D eigenvalue weighted by Crippen LogP contribution is -2.02. The lowest BCUT2D eigenvalue weighted by Gasteiger charge is -2.06. The van der Waals surface area contributed by atoms with Gasteiger partial charge in [0, 0.05) is 17.2 Å². The van der Waals surface area contributed by atoms with Gasteiger partial charge in [0.2, 0.25) is 0 Å². The van der Waals surface area contributed by atoms with Crippen LogP contribution in [0.25, 0.3) is 0 Å². The first kappa shape index (κ1) is 13.0. The standard InChI is InChI=1S/C15H13NO3/c17-11-13-7-4-8-15(16(18)19)14(13)10-9-12-5-2-1-3-6-12/h1-8,11H,9-10H2. The third-order valence-corrected chi connectivity index (χ3v) is 3.02. The molecule has 4 nitrogen and oxygen atoms in total. The van der Waals surface area contributed by atoms with Crippen LogP contribution in [0.1, 0.15) is 21.5 Å². The van der Waals surface area contributed by atoms with Crippen LogP contribution in [0.2, 0.25) is 0 Å². The highest BCUT2D eigenvalue weighted by atomic mass is 16.6. The van der Waals surface area contributed by atoms with Crippen molar-refractivity contribution in [2.24, 2.45) is 0 Å². The van der Waals surface area contributed by atoms with Gasteiger partial charge in [-0.05, 0) is 18.4 Å². The first-order valence-electron chi connectivity index (χ1n) is 5.97. The molecule has 0 aliphatic carbocycles. The van der Waals surface area contributed by atoms with Gasteiger partial charge in [-0.3, -0.25) is 14.9 Å². The van der Waals surface area contributed by atoms with E-state index in [-0.39, 0.29) is 5.69 Å². The number of nitro groups is 1. The number of aldehydes is 1. The van der Waals surface area contributed by atoms with Crippen molar-refractivity contribution in [3.05, 3.63) is 75.3 Å². The van der Waals surface area contributed by atoms with E-state index in [1.807, 2.05) is 30.3 Å². The smallest absolute Gasteiger partial charge is 0.273 e. The van der Waals surface area contributed by atoms with E-state index < -0.39 is 4.92 Å². The molecule has 0 atom stereocenters. The molecule has 96 valence electrons. The highest BCUT2D eigenvalue weighted by Crippen LogP contribution is 2.23. The Hall–Kier alpha value is -2.49. The van der Waals surface area contributed by atoms with Gasteiger partial charge in [0.15, 0.2) is 6.29 Å². The molecule has 0 amide bonds. The van der Waals surface area contributed by atoms with Gasteiger partial charge in [0.05, 0.1) is 4.92 Å². The highest BCUT2D eigenvalue weighted by molar-refractivity contribution is 5.79. The molecule has 0 spiro atoms. The molecular weight excluding hydrogens is 242 g/mol. The SMILES string of the molecule is O=Cc1cccc([N+](=O)[O-])c1CCc1ccccc1. The zero-order chi connectivity index (χ0) is 13.7. The van der Waals surface area contributed by atoms with Crippen LogP contribution in [-0.4, -0.2) is 11.2 Å². The van der Waals surface area contributed by atoms with E-state index in [1.165, 1.54) is 12.1 Å². The molecule has 4 heteroatoms. The fourth-order valence-electron chi connectivity index (χ4n) is 2.06. The van der Waals surface area contributed by atoms with Crippen molar-refractivity contribution in [3.8, 4) is 0 Å². The van der Waals surface area contributed by atoms with Crippen molar-refractivity contribution >= 4 is 12.0 Å². The van der Waals surface area contributed by atoms with Crippen molar-refractivity contribution in [2.75, 3.05) is 0 Å². The maximum Gasteiger partial charge on any atom is 0.273 e. The summed E-state index contributed by atoms with van der Waals surface area (Å²) in [6.07, 6.45) is 1.83. The van der Waals surface area contributed by atoms with Gasteiger partial charge < -0.3 is 0 Å². The molecule has 2 aromatic rings. The van der Waals surface area contributed by atoms with E-state index >= 15 is 0 Å². The van der Waals surface area contributed by atoms with Gasteiger partial charge in [-0.15, -0.1) is 0 Å². The predicted octanol–water partition coefficient (Wildman–Crippen LogP) is 3.19. The van der Waals surface area contributed by atoms with Crippen LogP contribution in [0.15, 0.2) is 48.5 Å². The molecule has 19 heavy (non-hydrogen) atoms. The van der Waals surface area contributed by atoms with Gasteiger partial charge in [0.1, 0.15) is 0 Å². The molecule has 0 radical (unpaired) electrons. The third-order valence-electron chi connectivity index (χ3n) is 3.02. The number of rotatable bonds is 5. The van der Waals surface area contributed by atoms with Crippen LogP contribution in [0.4, 0.5) is 5.69 Å². The Morgan fingerprint density at radius 3 is 2.37 bits per heavy atom. The third kappa shape index (κ3) is 3.04. The van der Waals surface area contributed by atoms with E-state index in [9.17, 15) is 14.9 Å². The van der Waals surface area contributed by atoms with Gasteiger partial charge in [-0.2, -0.15) is 0 Å². The van der Waals surface area contributed by atoms with Gasteiger partial charge in [-0.25, -0.2) is 0 Å². The molecule has 0 aromatic heterocycles. The Morgan fingerprint density at radius 1 is 1.00 bits per heavy atom. The molecule has 0 aliphatic rings. The Labute approximate surface area is 110 Å². The summed E-state index contributed by atoms with van der Waals surface area (Å²) in [4.78, 5) is 21.5. The first-order valence-corrected chi connectivity index (χ1v) is 5.97. The van der Waals surface area contributed by atoms with E-state index in [2.05, 4.69) is 0 Å². The van der Waals surface area contributed by atoms with Crippen molar-refractivity contribution in [3.63, 3.8) is 0 Å². The number of nitro benzene ring substituents is 1. The number of carbonyl (C=O) groups is 1. The summed E-state index contributed by atoms with van der Waals surface area (Å²) in [5.74, 6) is 0. The van der Waals surface area contributed by atoms with Gasteiger partial charge in [0.25, 0.3) is 5.69 Å². The average Bonchev–Trinajstić information content (AvgIpc) is 2.45. The summed E-state index contributed by atoms with van der Waals surface area (Å²) in [5, 5.41) is 11.0. The molecule has 0 aliphatic heterocycles. The minimum absolute atomic E-state index is 0.0144. The lowest BCUT2D eigenvalue weighted by atomic mass is 9.99. The zero-order valence-corrected chi connectivity index (χ0v) is 10.3. The fraction of sp³-hybridized carbons (Fsp3) is 0.133. The van der Waals surface area contributed by atoms with Crippen LogP contribution < -0.4 is 0 Å². The van der Waals surface area contributed by atoms with Crippen molar-refractivity contribution in [1.29, 1.82) is 0 Å². The lowest BCUT2D eigenvalue weighted by molar-refractivity contribution is -0.385. The molecule has 0 N–H and O–H groups in total. The molecule has 0 unspecified atom stereocenters. The van der Waals surface area contributed by atoms with E-state index in [4.69, 9.17) is 0 Å². The monoisotopic (exact) mass is 255 g/mol. The minimum atomic E-state index is -0.437. The summed E-state index contributed by atoms with van der Waals surface area (Å²) in [6.45, 7) is 0. The molecular formula is C15H13NO3. The van der Waals surface area contributed by atoms with Gasteiger partial charge in [-0.1, -0.05) is 42.5 Å². The number of aryl methyl sites for hydroxylation is 1. The quantitative estimate of drug-likeness (QED) is 0.468. The second-order valence-corrected chi connectivity index (χ2v) is 4.21. The second kappa shape index (κ2) is 5.91. The highest BCUT2D eigenvalue weighted by Gasteiger charge is 2.16. The van der Waals surface area contributed by atoms with Crippen molar-refractivity contribution in [2.45, 2.75) is 12.8 Å². The average molecular weight is 255 g/mol. The molecule has 2 aromatic carbocycles. The molecule has 0 saturated carbocycles. The Kier molecular flexibility index (Phi) is 4.03. The Bertz CT molecular complexity index is 594. The summed E-state index contributed by atoms with van der Waals surface area (Å²) < 4.78 is 0. The Balaban J connectivity index is 2.28. The van der Waals surface area contributed by atoms with E-state index in [0.717, 1.165) is 5.56 Å². The summed E-state index contributed by atoms with van der Waals surface area (Å²) in [6, 6.07) is 14.3. The molecule has 0 fully saturated rings. The predicted molar refractivity (Wildman–Crippen MR) is 72.3 cm³/mol. The fourth-order valence-corrected chi connectivity index (χ4v) is 2.06. The largest absolute Gasteiger partial charge is 0.298 e. The number of hydrogen-bond donors (Lipinski definition) is 0. The summed E-state index contributed by atoms with van der Waals surface area (Å²) >= 11 is 0. The van der Waals surface area contributed by atoms with Crippen LogP contribution in [0, 0.1) is 10.1 Å². The minimum Gasteiger partial charge on any atom is -0.298 e. The molecule has 0 heterocycles.